The summed E-state index contributed by atoms with van der Waals surface area (Å²) in [7, 11) is 0. The summed E-state index contributed by atoms with van der Waals surface area (Å²) in [6, 6.07) is 12.3. The molecule has 0 spiro atoms. The third-order valence-electron chi connectivity index (χ3n) is 3.27. The van der Waals surface area contributed by atoms with Gasteiger partial charge in [-0.05, 0) is 30.3 Å². The second kappa shape index (κ2) is 6.89. The van der Waals surface area contributed by atoms with E-state index in [1.165, 1.54) is 5.56 Å². The normalized spacial score (nSPS) is 12.8. The Labute approximate surface area is 122 Å². The molecule has 0 radical (unpaired) electrons. The minimum atomic E-state index is 0.186. The molecule has 1 atom stereocenters. The first kappa shape index (κ1) is 14.3. The van der Waals surface area contributed by atoms with Crippen LogP contribution in [0.25, 0.3) is 0 Å². The third kappa shape index (κ3) is 3.47. The van der Waals surface area contributed by atoms with E-state index in [9.17, 15) is 0 Å². The summed E-state index contributed by atoms with van der Waals surface area (Å²) in [5.41, 5.74) is 7.21. The van der Waals surface area contributed by atoms with Crippen LogP contribution >= 0.6 is 15.9 Å². The molecule has 0 aliphatic carbocycles. The Morgan fingerprint density at radius 1 is 1.26 bits per heavy atom. The fourth-order valence-corrected chi connectivity index (χ4v) is 2.81. The smallest absolute Gasteiger partial charge is 0.117 e. The lowest BCUT2D eigenvalue weighted by atomic mass is 10.1. The first-order chi connectivity index (χ1) is 9.26. The van der Waals surface area contributed by atoms with Gasteiger partial charge in [-0.25, -0.2) is 0 Å². The van der Waals surface area contributed by atoms with Gasteiger partial charge in [-0.2, -0.15) is 0 Å². The third-order valence-corrected chi connectivity index (χ3v) is 4.00. The summed E-state index contributed by atoms with van der Waals surface area (Å²) in [5.74, 6) is 0.965. The number of nitrogens with two attached hydrogens (primary N) is 1. The first-order valence-corrected chi connectivity index (χ1v) is 7.26. The van der Waals surface area contributed by atoms with Crippen molar-refractivity contribution in [1.29, 1.82) is 0 Å². The van der Waals surface area contributed by atoms with Gasteiger partial charge in [0.05, 0.1) is 12.8 Å². The van der Waals surface area contributed by atoms with Crippen LogP contribution in [-0.2, 0) is 6.54 Å². The molecular formula is C15H19BrN2O. The van der Waals surface area contributed by atoms with E-state index in [-0.39, 0.29) is 6.04 Å². The summed E-state index contributed by atoms with van der Waals surface area (Å²) >= 11 is 3.61. The quantitative estimate of drug-likeness (QED) is 0.884. The van der Waals surface area contributed by atoms with Crippen molar-refractivity contribution in [3.8, 4) is 0 Å². The molecule has 0 saturated heterocycles. The fourth-order valence-electron chi connectivity index (χ4n) is 2.26. The summed E-state index contributed by atoms with van der Waals surface area (Å²) in [6.45, 7) is 4.41. The predicted molar refractivity (Wildman–Crippen MR) is 80.7 cm³/mol. The van der Waals surface area contributed by atoms with E-state index >= 15 is 0 Å². The van der Waals surface area contributed by atoms with E-state index in [4.69, 9.17) is 10.2 Å². The Bertz CT molecular complexity index is 499. The highest BCUT2D eigenvalue weighted by Gasteiger charge is 2.20. The number of likely N-dealkylation sites (N-methyl/N-ethyl adjacent to an activating group) is 1. The van der Waals surface area contributed by atoms with E-state index in [1.54, 1.807) is 6.26 Å². The van der Waals surface area contributed by atoms with Crippen LogP contribution in [0.3, 0.4) is 0 Å². The van der Waals surface area contributed by atoms with Gasteiger partial charge in [0.1, 0.15) is 5.76 Å². The molecule has 1 unspecified atom stereocenters. The van der Waals surface area contributed by atoms with Gasteiger partial charge in [-0.15, -0.1) is 0 Å². The van der Waals surface area contributed by atoms with Crippen molar-refractivity contribution in [2.24, 2.45) is 5.73 Å². The molecule has 2 aromatic rings. The lowest BCUT2D eigenvalue weighted by molar-refractivity contribution is 0.187. The zero-order valence-electron chi connectivity index (χ0n) is 11.1. The van der Waals surface area contributed by atoms with Crippen LogP contribution in [0.2, 0.25) is 0 Å². The molecule has 1 heterocycles. The van der Waals surface area contributed by atoms with E-state index in [2.05, 4.69) is 39.9 Å². The van der Waals surface area contributed by atoms with E-state index < -0.39 is 0 Å². The first-order valence-electron chi connectivity index (χ1n) is 6.47. The maximum absolute atomic E-state index is 5.99. The van der Waals surface area contributed by atoms with Crippen LogP contribution < -0.4 is 5.73 Å². The van der Waals surface area contributed by atoms with Crippen molar-refractivity contribution in [1.82, 2.24) is 4.90 Å². The average molecular weight is 323 g/mol. The average Bonchev–Trinajstić information content (AvgIpc) is 2.93. The molecule has 2 N–H and O–H groups in total. The minimum Gasteiger partial charge on any atom is -0.468 e. The van der Waals surface area contributed by atoms with Gasteiger partial charge in [-0.1, -0.05) is 41.1 Å². The molecule has 0 fully saturated rings. The van der Waals surface area contributed by atoms with Crippen LogP contribution in [0.5, 0.6) is 0 Å². The largest absolute Gasteiger partial charge is 0.468 e. The number of nitrogens with zero attached hydrogens (tertiary/aromatic N) is 1. The van der Waals surface area contributed by atoms with Crippen LogP contribution in [0, 0.1) is 0 Å². The molecule has 0 bridgehead atoms. The van der Waals surface area contributed by atoms with E-state index in [0.717, 1.165) is 23.3 Å². The van der Waals surface area contributed by atoms with E-state index in [1.807, 2.05) is 24.3 Å². The molecule has 0 amide bonds. The van der Waals surface area contributed by atoms with Gasteiger partial charge in [0.25, 0.3) is 0 Å². The van der Waals surface area contributed by atoms with Crippen LogP contribution in [0.1, 0.15) is 24.3 Å². The minimum absolute atomic E-state index is 0.186. The summed E-state index contributed by atoms with van der Waals surface area (Å²) in [6.07, 6.45) is 1.71. The summed E-state index contributed by atoms with van der Waals surface area (Å²) in [4.78, 5) is 2.32. The van der Waals surface area contributed by atoms with Gasteiger partial charge in [0.15, 0.2) is 0 Å². The van der Waals surface area contributed by atoms with Crippen LogP contribution in [0.15, 0.2) is 51.6 Å². The maximum Gasteiger partial charge on any atom is 0.117 e. The number of hydrogen-bond acceptors (Lipinski definition) is 3. The highest BCUT2D eigenvalue weighted by Crippen LogP contribution is 2.28. The second-order valence-corrected chi connectivity index (χ2v) is 5.27. The van der Waals surface area contributed by atoms with Gasteiger partial charge in [-0.3, -0.25) is 4.90 Å². The van der Waals surface area contributed by atoms with Crippen molar-refractivity contribution in [3.05, 3.63) is 58.5 Å². The monoisotopic (exact) mass is 322 g/mol. The Kier molecular flexibility index (Phi) is 5.19. The number of benzene rings is 1. The number of halogens is 1. The van der Waals surface area contributed by atoms with Crippen molar-refractivity contribution >= 4 is 15.9 Å². The molecule has 1 aromatic carbocycles. The molecule has 4 heteroatoms. The van der Waals surface area contributed by atoms with Crippen molar-refractivity contribution in [3.63, 3.8) is 0 Å². The highest BCUT2D eigenvalue weighted by atomic mass is 79.9. The zero-order chi connectivity index (χ0) is 13.7. The van der Waals surface area contributed by atoms with Gasteiger partial charge >= 0.3 is 0 Å². The lowest BCUT2D eigenvalue weighted by Gasteiger charge is -2.30. The van der Waals surface area contributed by atoms with Gasteiger partial charge < -0.3 is 10.2 Å². The molecule has 2 rings (SSSR count). The SMILES string of the molecule is CCN(Cc1ccco1)C(CN)c1ccccc1Br. The summed E-state index contributed by atoms with van der Waals surface area (Å²) < 4.78 is 6.53. The molecule has 102 valence electrons. The Morgan fingerprint density at radius 2 is 2.05 bits per heavy atom. The molecule has 19 heavy (non-hydrogen) atoms. The van der Waals surface area contributed by atoms with Crippen molar-refractivity contribution in [2.75, 3.05) is 13.1 Å². The van der Waals surface area contributed by atoms with Crippen molar-refractivity contribution < 1.29 is 4.42 Å². The molecule has 0 saturated carbocycles. The zero-order valence-corrected chi connectivity index (χ0v) is 12.6. The Morgan fingerprint density at radius 3 is 2.63 bits per heavy atom. The summed E-state index contributed by atoms with van der Waals surface area (Å²) in [5, 5.41) is 0. The molecule has 0 aliphatic heterocycles. The van der Waals surface area contributed by atoms with Gasteiger partial charge in [0, 0.05) is 17.1 Å². The predicted octanol–water partition coefficient (Wildman–Crippen LogP) is 3.56. The maximum atomic E-state index is 5.99. The lowest BCUT2D eigenvalue weighted by Crippen LogP contribution is -2.33. The molecular weight excluding hydrogens is 304 g/mol. The molecule has 1 aromatic heterocycles. The van der Waals surface area contributed by atoms with Crippen LogP contribution in [-0.4, -0.2) is 18.0 Å². The number of furan rings is 1. The second-order valence-electron chi connectivity index (χ2n) is 4.42. The Hall–Kier alpha value is -1.10. The van der Waals surface area contributed by atoms with Gasteiger partial charge in [0.2, 0.25) is 0 Å². The fraction of sp³-hybridized carbons (Fsp3) is 0.333. The molecule has 0 aliphatic rings. The Balaban J connectivity index is 2.21. The number of hydrogen-bond donors (Lipinski definition) is 1. The number of rotatable bonds is 6. The van der Waals surface area contributed by atoms with Crippen molar-refractivity contribution in [2.45, 2.75) is 19.5 Å². The highest BCUT2D eigenvalue weighted by molar-refractivity contribution is 9.10. The standard InChI is InChI=1S/C15H19BrN2O/c1-2-18(11-12-6-5-9-19-12)15(10-17)13-7-3-4-8-14(13)16/h3-9,15H,2,10-11,17H2,1H3. The molecule has 3 nitrogen and oxygen atoms in total. The topological polar surface area (TPSA) is 42.4 Å². The van der Waals surface area contributed by atoms with Crippen LogP contribution in [0.4, 0.5) is 0 Å². The van der Waals surface area contributed by atoms with E-state index in [0.29, 0.717) is 6.54 Å².